The minimum Gasteiger partial charge on any atom is -0.354 e. The monoisotopic (exact) mass is 440 g/mol. The highest BCUT2D eigenvalue weighted by Crippen LogP contribution is 2.34. The van der Waals surface area contributed by atoms with Crippen LogP contribution in [0.3, 0.4) is 0 Å². The molecule has 0 aliphatic carbocycles. The highest BCUT2D eigenvalue weighted by molar-refractivity contribution is 7.92. The summed E-state index contributed by atoms with van der Waals surface area (Å²) in [5, 5.41) is 0.580. The lowest BCUT2D eigenvalue weighted by atomic mass is 10.1. The molecule has 1 aliphatic heterocycles. The Morgan fingerprint density at radius 3 is 2.37 bits per heavy atom. The fourth-order valence-corrected chi connectivity index (χ4v) is 3.45. The molecule has 160 valence electrons. The Bertz CT molecular complexity index is 1080. The number of halogens is 3. The average Bonchev–Trinajstić information content (AvgIpc) is 2.68. The lowest BCUT2D eigenvalue weighted by molar-refractivity contribution is -0.0221. The first kappa shape index (κ1) is 21.8. The van der Waals surface area contributed by atoms with Crippen LogP contribution in [-0.4, -0.2) is 43.3 Å². The van der Waals surface area contributed by atoms with E-state index in [0.29, 0.717) is 11.0 Å². The molecule has 0 saturated carbocycles. The van der Waals surface area contributed by atoms with Crippen molar-refractivity contribution in [1.29, 1.82) is 0 Å². The van der Waals surface area contributed by atoms with Crippen LogP contribution in [0.4, 0.5) is 19.0 Å². The van der Waals surface area contributed by atoms with Crippen LogP contribution in [0.1, 0.15) is 29.0 Å². The molecule has 3 rings (SSSR count). The third-order valence-electron chi connectivity index (χ3n) is 4.63. The third-order valence-corrected chi connectivity index (χ3v) is 5.54. The van der Waals surface area contributed by atoms with E-state index in [1.807, 2.05) is 0 Å². The molecule has 0 atom stereocenters. The Kier molecular flexibility index (Phi) is 5.84. The summed E-state index contributed by atoms with van der Waals surface area (Å²) in [7, 11) is -4.06. The number of nitrogens with zero attached hydrogens (tertiary/aromatic N) is 3. The largest absolute Gasteiger partial charge is 0.354 e. The van der Waals surface area contributed by atoms with E-state index in [9.17, 15) is 26.4 Å². The van der Waals surface area contributed by atoms with E-state index >= 15 is 0 Å². The zero-order chi connectivity index (χ0) is 22.1. The van der Waals surface area contributed by atoms with Gasteiger partial charge in [0.15, 0.2) is 11.5 Å². The first-order valence-corrected chi connectivity index (χ1v) is 10.5. The Balaban J connectivity index is 2.08. The average molecular weight is 440 g/mol. The van der Waals surface area contributed by atoms with Crippen molar-refractivity contribution in [3.63, 3.8) is 0 Å². The molecule has 2 heterocycles. The molecule has 1 aromatic carbocycles. The molecule has 1 aliphatic rings. The number of carbonyl (C=O) groups excluding carboxylic acids is 1. The minimum atomic E-state index is -4.06. The summed E-state index contributed by atoms with van der Waals surface area (Å²) >= 11 is 0. The van der Waals surface area contributed by atoms with Crippen LogP contribution >= 0.6 is 0 Å². The molecule has 1 amide bonds. The van der Waals surface area contributed by atoms with Crippen molar-refractivity contribution >= 4 is 21.7 Å². The number of aryl methyl sites for hydroxylation is 1. The van der Waals surface area contributed by atoms with Gasteiger partial charge in [0.1, 0.15) is 11.5 Å². The minimum absolute atomic E-state index is 0.0195. The van der Waals surface area contributed by atoms with Gasteiger partial charge in [-0.2, -0.15) is 0 Å². The summed E-state index contributed by atoms with van der Waals surface area (Å²) in [6.07, 6.45) is -0.729. The number of hydrogen-bond acceptors (Lipinski definition) is 6. The molecule has 0 bridgehead atoms. The number of anilines is 1. The van der Waals surface area contributed by atoms with Crippen molar-refractivity contribution in [2.45, 2.75) is 25.7 Å². The molecular formula is C19H19F3N4O3S. The summed E-state index contributed by atoms with van der Waals surface area (Å²) in [6.45, 7) is 4.62. The van der Waals surface area contributed by atoms with Crippen molar-refractivity contribution < 1.29 is 26.4 Å². The number of nitrogens with one attached hydrogen (secondary N) is 1. The molecule has 11 heteroatoms. The summed E-state index contributed by atoms with van der Waals surface area (Å²) in [6, 6.07) is 5.21. The summed E-state index contributed by atoms with van der Waals surface area (Å²) in [5.41, 5.74) is 0.416. The van der Waals surface area contributed by atoms with Crippen LogP contribution < -0.4 is 9.62 Å². The van der Waals surface area contributed by atoms with Crippen LogP contribution in [0, 0.1) is 12.7 Å². The van der Waals surface area contributed by atoms with E-state index in [2.05, 4.69) is 16.5 Å². The van der Waals surface area contributed by atoms with Crippen molar-refractivity contribution in [3.8, 4) is 11.3 Å². The fourth-order valence-electron chi connectivity index (χ4n) is 3.01. The molecule has 0 spiro atoms. The zero-order valence-corrected chi connectivity index (χ0v) is 16.8. The van der Waals surface area contributed by atoms with Crippen molar-refractivity contribution in [2.24, 2.45) is 0 Å². The maximum Gasteiger partial charge on any atom is 0.285 e. The number of rotatable bonds is 5. The number of amides is 1. The highest BCUT2D eigenvalue weighted by atomic mass is 32.2. The smallest absolute Gasteiger partial charge is 0.285 e. The van der Waals surface area contributed by atoms with Crippen molar-refractivity contribution in [3.05, 3.63) is 53.5 Å². The van der Waals surface area contributed by atoms with Crippen LogP contribution in [0.2, 0.25) is 0 Å². The Morgan fingerprint density at radius 2 is 1.80 bits per heavy atom. The molecule has 0 unspecified atom stereocenters. The lowest BCUT2D eigenvalue weighted by Crippen LogP contribution is -2.40. The normalized spacial score (nSPS) is 16.2. The number of alkyl halides is 2. The number of sulfonamides is 1. The quantitative estimate of drug-likeness (QED) is 0.769. The second-order valence-electron chi connectivity index (χ2n) is 6.82. The predicted octanol–water partition coefficient (Wildman–Crippen LogP) is 3.03. The summed E-state index contributed by atoms with van der Waals surface area (Å²) in [5.74, 6) is -4.01. The fraction of sp³-hybridized carbons (Fsp3) is 0.316. The number of hydrogen-bond donors (Lipinski definition) is 1. The van der Waals surface area contributed by atoms with Gasteiger partial charge in [0.05, 0.1) is 5.69 Å². The number of carbonyl (C=O) groups is 1. The van der Waals surface area contributed by atoms with E-state index in [1.165, 1.54) is 31.2 Å². The van der Waals surface area contributed by atoms with E-state index in [4.69, 9.17) is 0 Å². The zero-order valence-electron chi connectivity index (χ0n) is 16.0. The first-order chi connectivity index (χ1) is 14.0. The second kappa shape index (κ2) is 8.05. The van der Waals surface area contributed by atoms with Gasteiger partial charge in [-0.3, -0.25) is 4.79 Å². The van der Waals surface area contributed by atoms with Gasteiger partial charge >= 0.3 is 0 Å². The Morgan fingerprint density at radius 1 is 1.20 bits per heavy atom. The Hall–Kier alpha value is -2.95. The SMILES string of the molecule is C=CS(=O)(=O)NC(=O)c1nc(-c2ccc(F)cc2)c(N2CCC(F)(F)CC2)nc1C. The number of benzene rings is 1. The number of piperidine rings is 1. The van der Waals surface area contributed by atoms with Gasteiger partial charge in [-0.05, 0) is 31.2 Å². The standard InChI is InChI=1S/C19H19F3N4O3S/c1-3-30(28,29)25-18(27)15-12(2)23-17(26-10-8-19(21,22)9-11-26)16(24-15)13-4-6-14(20)7-5-13/h3-7H,1,8-11H2,2H3,(H,25,27). The molecule has 7 nitrogen and oxygen atoms in total. The van der Waals surface area contributed by atoms with Gasteiger partial charge in [-0.1, -0.05) is 6.58 Å². The Labute approximate surface area is 171 Å². The van der Waals surface area contributed by atoms with Gasteiger partial charge in [0.2, 0.25) is 0 Å². The molecule has 1 aromatic heterocycles. The maximum absolute atomic E-state index is 13.6. The number of aromatic nitrogens is 2. The molecular weight excluding hydrogens is 421 g/mol. The maximum atomic E-state index is 13.6. The van der Waals surface area contributed by atoms with Crippen LogP contribution in [0.15, 0.2) is 36.3 Å². The molecule has 30 heavy (non-hydrogen) atoms. The van der Waals surface area contributed by atoms with Crippen LogP contribution in [-0.2, 0) is 10.0 Å². The van der Waals surface area contributed by atoms with Crippen molar-refractivity contribution in [1.82, 2.24) is 14.7 Å². The predicted molar refractivity (Wildman–Crippen MR) is 105 cm³/mol. The summed E-state index contributed by atoms with van der Waals surface area (Å²) < 4.78 is 65.6. The van der Waals surface area contributed by atoms with Crippen LogP contribution in [0.25, 0.3) is 11.3 Å². The van der Waals surface area contributed by atoms with Gasteiger partial charge in [0, 0.05) is 36.9 Å². The topological polar surface area (TPSA) is 92.3 Å². The lowest BCUT2D eigenvalue weighted by Gasteiger charge is -2.33. The van der Waals surface area contributed by atoms with Gasteiger partial charge in [-0.15, -0.1) is 0 Å². The third kappa shape index (κ3) is 4.78. The highest BCUT2D eigenvalue weighted by Gasteiger charge is 2.35. The van der Waals surface area contributed by atoms with Crippen molar-refractivity contribution in [2.75, 3.05) is 18.0 Å². The molecule has 1 saturated heterocycles. The van der Waals surface area contributed by atoms with E-state index in [0.717, 1.165) is 0 Å². The molecule has 2 aromatic rings. The molecule has 0 radical (unpaired) electrons. The van der Waals surface area contributed by atoms with Gasteiger partial charge in [-0.25, -0.2) is 36.3 Å². The van der Waals surface area contributed by atoms with Gasteiger partial charge < -0.3 is 4.90 Å². The molecule has 1 N–H and O–H groups in total. The second-order valence-corrected chi connectivity index (χ2v) is 8.45. The van der Waals surface area contributed by atoms with Gasteiger partial charge in [0.25, 0.3) is 21.9 Å². The summed E-state index contributed by atoms with van der Waals surface area (Å²) in [4.78, 5) is 22.7. The van der Waals surface area contributed by atoms with Crippen LogP contribution in [0.5, 0.6) is 0 Å². The van der Waals surface area contributed by atoms with E-state index in [1.54, 1.807) is 9.62 Å². The van der Waals surface area contributed by atoms with E-state index in [-0.39, 0.29) is 48.8 Å². The van der Waals surface area contributed by atoms with E-state index < -0.39 is 27.7 Å². The molecule has 1 fully saturated rings. The first-order valence-electron chi connectivity index (χ1n) is 8.98.